The molecule has 0 spiro atoms. The number of rotatable bonds is 4. The van der Waals surface area contributed by atoms with Crippen LogP contribution in [-0.4, -0.2) is 12.8 Å². The van der Waals surface area contributed by atoms with Crippen molar-refractivity contribution in [3.8, 4) is 5.75 Å². The first kappa shape index (κ1) is 13.4. The topological polar surface area (TPSA) is 9.23 Å². The molecule has 1 nitrogen and oxygen atoms in total. The Kier molecular flexibility index (Phi) is 4.65. The van der Waals surface area contributed by atoms with E-state index in [1.54, 1.807) is 12.1 Å². The van der Waals surface area contributed by atoms with E-state index in [1.165, 1.54) is 0 Å². The maximum absolute atomic E-state index is 11.9. The molecule has 0 amide bonds. The molecule has 5 heteroatoms. The highest BCUT2D eigenvalue weighted by molar-refractivity contribution is 9.10. The molecule has 0 N–H and O–H groups in total. The quantitative estimate of drug-likeness (QED) is 0.745. The third-order valence-electron chi connectivity index (χ3n) is 2.00. The molecular formula is C11H12BrF3O. The SMILES string of the molecule is Cc1cc(Br)ccc1OCCCC(F)(F)F. The van der Waals surface area contributed by atoms with Crippen molar-refractivity contribution in [1.29, 1.82) is 0 Å². The standard InChI is InChI=1S/C11H12BrF3O/c1-8-7-9(12)3-4-10(8)16-6-2-5-11(13,14)15/h3-4,7H,2,5-6H2,1H3. The van der Waals surface area contributed by atoms with E-state index in [1.807, 2.05) is 13.0 Å². The van der Waals surface area contributed by atoms with Crippen LogP contribution in [0.5, 0.6) is 5.75 Å². The third kappa shape index (κ3) is 4.88. The van der Waals surface area contributed by atoms with Gasteiger partial charge < -0.3 is 4.74 Å². The van der Waals surface area contributed by atoms with Crippen molar-refractivity contribution in [3.63, 3.8) is 0 Å². The van der Waals surface area contributed by atoms with Crippen LogP contribution in [0, 0.1) is 6.92 Å². The van der Waals surface area contributed by atoms with Crippen LogP contribution in [0.1, 0.15) is 18.4 Å². The first-order valence-electron chi connectivity index (χ1n) is 4.84. The molecule has 1 rings (SSSR count). The van der Waals surface area contributed by atoms with Gasteiger partial charge in [0.05, 0.1) is 6.61 Å². The van der Waals surface area contributed by atoms with Crippen molar-refractivity contribution >= 4 is 15.9 Å². The van der Waals surface area contributed by atoms with Crippen LogP contribution in [0.3, 0.4) is 0 Å². The highest BCUT2D eigenvalue weighted by Crippen LogP contribution is 2.24. The van der Waals surface area contributed by atoms with E-state index in [0.717, 1.165) is 10.0 Å². The summed E-state index contributed by atoms with van der Waals surface area (Å²) in [6.07, 6.45) is -4.92. The van der Waals surface area contributed by atoms with Gasteiger partial charge in [0, 0.05) is 10.9 Å². The molecule has 16 heavy (non-hydrogen) atoms. The second kappa shape index (κ2) is 5.57. The fourth-order valence-corrected chi connectivity index (χ4v) is 1.71. The Morgan fingerprint density at radius 2 is 2.00 bits per heavy atom. The number of alkyl halides is 3. The second-order valence-corrected chi connectivity index (χ2v) is 4.39. The van der Waals surface area contributed by atoms with Gasteiger partial charge in [-0.3, -0.25) is 0 Å². The summed E-state index contributed by atoms with van der Waals surface area (Å²) >= 11 is 3.30. The fraction of sp³-hybridized carbons (Fsp3) is 0.455. The van der Waals surface area contributed by atoms with Crippen molar-refractivity contribution < 1.29 is 17.9 Å². The minimum absolute atomic E-state index is 0.0149. The lowest BCUT2D eigenvalue weighted by Crippen LogP contribution is -2.09. The predicted molar refractivity (Wildman–Crippen MR) is 59.7 cm³/mol. The average molecular weight is 297 g/mol. The molecule has 1 aromatic carbocycles. The Morgan fingerprint density at radius 1 is 1.31 bits per heavy atom. The highest BCUT2D eigenvalue weighted by Gasteiger charge is 2.26. The number of benzene rings is 1. The monoisotopic (exact) mass is 296 g/mol. The van der Waals surface area contributed by atoms with Crippen molar-refractivity contribution in [3.05, 3.63) is 28.2 Å². The number of halogens is 4. The molecule has 0 fully saturated rings. The first-order valence-corrected chi connectivity index (χ1v) is 5.63. The first-order chi connectivity index (χ1) is 7.38. The summed E-state index contributed by atoms with van der Waals surface area (Å²) < 4.78 is 41.7. The molecule has 0 saturated carbocycles. The number of hydrogen-bond acceptors (Lipinski definition) is 1. The van der Waals surface area contributed by atoms with Crippen molar-refractivity contribution in [2.75, 3.05) is 6.61 Å². The van der Waals surface area contributed by atoms with E-state index < -0.39 is 12.6 Å². The van der Waals surface area contributed by atoms with E-state index in [4.69, 9.17) is 4.74 Å². The lowest BCUT2D eigenvalue weighted by Gasteiger charge is -2.10. The molecule has 0 heterocycles. The van der Waals surface area contributed by atoms with E-state index in [2.05, 4.69) is 15.9 Å². The molecule has 0 unspecified atom stereocenters. The van der Waals surface area contributed by atoms with E-state index in [9.17, 15) is 13.2 Å². The summed E-state index contributed by atoms with van der Waals surface area (Å²) in [4.78, 5) is 0. The van der Waals surface area contributed by atoms with Crippen molar-refractivity contribution in [2.45, 2.75) is 25.9 Å². The maximum Gasteiger partial charge on any atom is 0.389 e. The normalized spacial score (nSPS) is 11.6. The minimum atomic E-state index is -4.10. The van der Waals surface area contributed by atoms with Gasteiger partial charge in [0.25, 0.3) is 0 Å². The van der Waals surface area contributed by atoms with Gasteiger partial charge in [-0.2, -0.15) is 13.2 Å². The Balaban J connectivity index is 2.38. The summed E-state index contributed by atoms with van der Waals surface area (Å²) in [5, 5.41) is 0. The summed E-state index contributed by atoms with van der Waals surface area (Å²) in [6.45, 7) is 1.94. The molecule has 0 aliphatic rings. The average Bonchev–Trinajstić information content (AvgIpc) is 2.13. The molecular weight excluding hydrogens is 285 g/mol. The summed E-state index contributed by atoms with van der Waals surface area (Å²) in [7, 11) is 0. The molecule has 0 saturated heterocycles. The third-order valence-corrected chi connectivity index (χ3v) is 2.49. The van der Waals surface area contributed by atoms with Crippen LogP contribution in [-0.2, 0) is 0 Å². The largest absolute Gasteiger partial charge is 0.493 e. The number of ether oxygens (including phenoxy) is 1. The summed E-state index contributed by atoms with van der Waals surface area (Å²) in [5.74, 6) is 0.630. The van der Waals surface area contributed by atoms with E-state index in [0.29, 0.717) is 5.75 Å². The van der Waals surface area contributed by atoms with Gasteiger partial charge in [-0.25, -0.2) is 0 Å². The van der Waals surface area contributed by atoms with E-state index >= 15 is 0 Å². The van der Waals surface area contributed by atoms with E-state index in [-0.39, 0.29) is 13.0 Å². The van der Waals surface area contributed by atoms with Crippen LogP contribution >= 0.6 is 15.9 Å². The predicted octanol–water partition coefficient (Wildman–Crippen LogP) is 4.48. The lowest BCUT2D eigenvalue weighted by atomic mass is 10.2. The molecule has 0 aliphatic carbocycles. The summed E-state index contributed by atoms with van der Waals surface area (Å²) in [6, 6.07) is 5.40. The van der Waals surface area contributed by atoms with Crippen LogP contribution in [0.2, 0.25) is 0 Å². The Morgan fingerprint density at radius 3 is 2.56 bits per heavy atom. The Hall–Kier alpha value is -0.710. The summed E-state index contributed by atoms with van der Waals surface area (Å²) in [5.41, 5.74) is 0.904. The van der Waals surface area contributed by atoms with Gasteiger partial charge in [0.2, 0.25) is 0 Å². The Bertz CT molecular complexity index is 350. The minimum Gasteiger partial charge on any atom is -0.493 e. The lowest BCUT2D eigenvalue weighted by molar-refractivity contribution is -0.136. The fourth-order valence-electron chi connectivity index (χ4n) is 1.23. The second-order valence-electron chi connectivity index (χ2n) is 3.48. The number of aryl methyl sites for hydroxylation is 1. The molecule has 90 valence electrons. The zero-order valence-electron chi connectivity index (χ0n) is 8.77. The van der Waals surface area contributed by atoms with Gasteiger partial charge in [-0.05, 0) is 37.1 Å². The molecule has 0 bridgehead atoms. The zero-order valence-corrected chi connectivity index (χ0v) is 10.4. The zero-order chi connectivity index (χ0) is 12.2. The smallest absolute Gasteiger partial charge is 0.389 e. The maximum atomic E-state index is 11.9. The van der Waals surface area contributed by atoms with Gasteiger partial charge in [0.15, 0.2) is 0 Å². The molecule has 0 radical (unpaired) electrons. The van der Waals surface area contributed by atoms with Gasteiger partial charge in [-0.15, -0.1) is 0 Å². The van der Waals surface area contributed by atoms with Crippen LogP contribution < -0.4 is 4.74 Å². The van der Waals surface area contributed by atoms with Crippen LogP contribution in [0.4, 0.5) is 13.2 Å². The van der Waals surface area contributed by atoms with Gasteiger partial charge in [0.1, 0.15) is 5.75 Å². The van der Waals surface area contributed by atoms with Crippen molar-refractivity contribution in [1.82, 2.24) is 0 Å². The van der Waals surface area contributed by atoms with Crippen LogP contribution in [0.25, 0.3) is 0 Å². The van der Waals surface area contributed by atoms with Gasteiger partial charge in [-0.1, -0.05) is 15.9 Å². The molecule has 0 aromatic heterocycles. The van der Waals surface area contributed by atoms with Crippen LogP contribution in [0.15, 0.2) is 22.7 Å². The molecule has 0 atom stereocenters. The number of hydrogen-bond donors (Lipinski definition) is 0. The van der Waals surface area contributed by atoms with Gasteiger partial charge >= 0.3 is 6.18 Å². The highest BCUT2D eigenvalue weighted by atomic mass is 79.9. The van der Waals surface area contributed by atoms with Crippen molar-refractivity contribution in [2.24, 2.45) is 0 Å². The molecule has 1 aromatic rings. The molecule has 0 aliphatic heterocycles. The Labute approximate surface area is 101 Å².